The maximum Gasteiger partial charge on any atom is 0.126 e. The smallest absolute Gasteiger partial charge is 0.126 e. The lowest BCUT2D eigenvalue weighted by atomic mass is 10.0. The van der Waals surface area contributed by atoms with E-state index in [0.717, 1.165) is 0 Å². The first-order valence-electron chi connectivity index (χ1n) is 4.13. The van der Waals surface area contributed by atoms with Crippen molar-refractivity contribution in [3.05, 3.63) is 34.6 Å². The lowest BCUT2D eigenvalue weighted by Crippen LogP contribution is -1.96. The topological polar surface area (TPSA) is 44.0 Å². The molecule has 1 atom stereocenters. The van der Waals surface area contributed by atoms with Crippen LogP contribution < -0.4 is 0 Å². The number of halogens is 1. The van der Waals surface area contributed by atoms with Crippen LogP contribution in [-0.2, 0) is 6.42 Å². The van der Waals surface area contributed by atoms with E-state index in [1.165, 1.54) is 12.1 Å². The third-order valence-electron chi connectivity index (χ3n) is 2.42. The second-order valence-electron chi connectivity index (χ2n) is 3.15. The zero-order valence-corrected chi connectivity index (χ0v) is 6.92. The molecule has 0 aromatic heterocycles. The van der Waals surface area contributed by atoms with Crippen LogP contribution in [0.15, 0.2) is 12.1 Å². The minimum absolute atomic E-state index is 0.314. The van der Waals surface area contributed by atoms with Crippen molar-refractivity contribution in [1.82, 2.24) is 0 Å². The Balaban J connectivity index is 2.68. The summed E-state index contributed by atoms with van der Waals surface area (Å²) in [5.74, 6) is -0.314. The Hall–Kier alpha value is -1.40. The fraction of sp³-hybridized carbons (Fsp3) is 0.300. The van der Waals surface area contributed by atoms with Gasteiger partial charge in [0.25, 0.3) is 0 Å². The van der Waals surface area contributed by atoms with Crippen LogP contribution in [0.4, 0.5) is 4.39 Å². The number of benzene rings is 1. The molecule has 0 saturated carbocycles. The first-order valence-corrected chi connectivity index (χ1v) is 4.13. The monoisotopic (exact) mass is 177 g/mol. The third kappa shape index (κ3) is 1.11. The Bertz CT molecular complexity index is 395. The van der Waals surface area contributed by atoms with Gasteiger partial charge in [0.2, 0.25) is 0 Å². The van der Waals surface area contributed by atoms with E-state index >= 15 is 0 Å². The van der Waals surface area contributed by atoms with Crippen molar-refractivity contribution in [1.29, 1.82) is 5.26 Å². The van der Waals surface area contributed by atoms with Gasteiger partial charge in [0.1, 0.15) is 5.82 Å². The van der Waals surface area contributed by atoms with Crippen LogP contribution in [0.25, 0.3) is 0 Å². The molecule has 1 unspecified atom stereocenters. The van der Waals surface area contributed by atoms with E-state index in [2.05, 4.69) is 0 Å². The van der Waals surface area contributed by atoms with Crippen molar-refractivity contribution in [2.75, 3.05) is 0 Å². The Morgan fingerprint density at radius 1 is 1.54 bits per heavy atom. The summed E-state index contributed by atoms with van der Waals surface area (Å²) in [6.07, 6.45) is 0.378. The molecule has 0 spiro atoms. The number of hydrogen-bond acceptors (Lipinski definition) is 2. The van der Waals surface area contributed by atoms with Gasteiger partial charge in [-0.1, -0.05) is 0 Å². The van der Waals surface area contributed by atoms with Crippen molar-refractivity contribution in [3.8, 4) is 6.07 Å². The highest BCUT2D eigenvalue weighted by Gasteiger charge is 2.26. The molecular formula is C10H8FNO. The Morgan fingerprint density at radius 2 is 2.31 bits per heavy atom. The van der Waals surface area contributed by atoms with Gasteiger partial charge < -0.3 is 5.11 Å². The maximum absolute atomic E-state index is 13.2. The van der Waals surface area contributed by atoms with Crippen LogP contribution in [-0.4, -0.2) is 5.11 Å². The van der Waals surface area contributed by atoms with Crippen LogP contribution in [0.5, 0.6) is 0 Å². The normalized spacial score (nSPS) is 19.6. The molecule has 1 aromatic carbocycles. The quantitative estimate of drug-likeness (QED) is 0.655. The largest absolute Gasteiger partial charge is 0.388 e. The van der Waals surface area contributed by atoms with E-state index < -0.39 is 6.10 Å². The summed E-state index contributed by atoms with van der Waals surface area (Å²) in [6.45, 7) is 0. The van der Waals surface area contributed by atoms with Crippen molar-refractivity contribution < 1.29 is 9.50 Å². The summed E-state index contributed by atoms with van der Waals surface area (Å²) in [4.78, 5) is 0. The van der Waals surface area contributed by atoms with Gasteiger partial charge in [-0.05, 0) is 30.5 Å². The molecule has 1 aliphatic carbocycles. The van der Waals surface area contributed by atoms with Gasteiger partial charge in [-0.25, -0.2) is 4.39 Å². The number of nitriles is 1. The minimum atomic E-state index is -0.666. The van der Waals surface area contributed by atoms with Crippen LogP contribution in [0.2, 0.25) is 0 Å². The average Bonchev–Trinajstić information content (AvgIpc) is 2.51. The lowest BCUT2D eigenvalue weighted by molar-refractivity contribution is 0.179. The molecule has 2 nitrogen and oxygen atoms in total. The van der Waals surface area contributed by atoms with Gasteiger partial charge in [-0.2, -0.15) is 5.26 Å². The summed E-state index contributed by atoms with van der Waals surface area (Å²) in [7, 11) is 0. The molecule has 1 aliphatic rings. The highest BCUT2D eigenvalue weighted by atomic mass is 19.1. The molecule has 0 aliphatic heterocycles. The number of rotatable bonds is 0. The predicted molar refractivity (Wildman–Crippen MR) is 44.4 cm³/mol. The van der Waals surface area contributed by atoms with Gasteiger partial charge >= 0.3 is 0 Å². The standard InChI is InChI=1S/C10H8FNO/c11-8-3-1-6(5-12)10-7(8)2-4-9(10)13/h1,3,9,13H,2,4H2. The van der Waals surface area contributed by atoms with Gasteiger partial charge in [0, 0.05) is 5.56 Å². The SMILES string of the molecule is N#Cc1ccc(F)c2c1C(O)CC2. The molecule has 0 bridgehead atoms. The van der Waals surface area contributed by atoms with Gasteiger partial charge in [0.15, 0.2) is 0 Å². The Morgan fingerprint density at radius 3 is 3.00 bits per heavy atom. The number of fused-ring (bicyclic) bond motifs is 1. The van der Waals surface area contributed by atoms with Crippen LogP contribution in [0, 0.1) is 17.1 Å². The first kappa shape index (κ1) is 8.21. The molecule has 0 saturated heterocycles. The molecule has 1 N–H and O–H groups in total. The van der Waals surface area contributed by atoms with Crippen LogP contribution >= 0.6 is 0 Å². The molecular weight excluding hydrogens is 169 g/mol. The summed E-state index contributed by atoms with van der Waals surface area (Å²) in [6, 6.07) is 4.66. The summed E-state index contributed by atoms with van der Waals surface area (Å²) in [5.41, 5.74) is 1.38. The molecule has 0 fully saturated rings. The fourth-order valence-electron chi connectivity index (χ4n) is 1.80. The van der Waals surface area contributed by atoms with Crippen molar-refractivity contribution >= 4 is 0 Å². The molecule has 0 radical (unpaired) electrons. The molecule has 1 aromatic rings. The lowest BCUT2D eigenvalue weighted by Gasteiger charge is -2.05. The number of aliphatic hydroxyl groups excluding tert-OH is 1. The Labute approximate surface area is 75.2 Å². The minimum Gasteiger partial charge on any atom is -0.388 e. The third-order valence-corrected chi connectivity index (χ3v) is 2.42. The van der Waals surface area contributed by atoms with E-state index in [1.54, 1.807) is 0 Å². The Kier molecular flexibility index (Phi) is 1.78. The molecule has 0 heterocycles. The number of aliphatic hydroxyl groups is 1. The molecule has 0 amide bonds. The highest BCUT2D eigenvalue weighted by Crippen LogP contribution is 2.34. The number of hydrogen-bond donors (Lipinski definition) is 1. The summed E-state index contributed by atoms with van der Waals surface area (Å²) >= 11 is 0. The molecule has 13 heavy (non-hydrogen) atoms. The fourth-order valence-corrected chi connectivity index (χ4v) is 1.80. The van der Waals surface area contributed by atoms with E-state index in [0.29, 0.717) is 29.5 Å². The zero-order valence-electron chi connectivity index (χ0n) is 6.92. The summed E-state index contributed by atoms with van der Waals surface area (Å²) in [5, 5.41) is 18.2. The van der Waals surface area contributed by atoms with E-state index in [1.807, 2.05) is 6.07 Å². The van der Waals surface area contributed by atoms with Crippen LogP contribution in [0.3, 0.4) is 0 Å². The van der Waals surface area contributed by atoms with E-state index in [9.17, 15) is 9.50 Å². The zero-order chi connectivity index (χ0) is 9.42. The maximum atomic E-state index is 13.2. The summed E-state index contributed by atoms with van der Waals surface area (Å²) < 4.78 is 13.2. The van der Waals surface area contributed by atoms with Crippen molar-refractivity contribution in [3.63, 3.8) is 0 Å². The predicted octanol–water partition coefficient (Wildman–Crippen LogP) is 1.68. The molecule has 3 heteroatoms. The first-order chi connectivity index (χ1) is 6.24. The van der Waals surface area contributed by atoms with Crippen molar-refractivity contribution in [2.24, 2.45) is 0 Å². The van der Waals surface area contributed by atoms with E-state index in [4.69, 9.17) is 5.26 Å². The van der Waals surface area contributed by atoms with Gasteiger partial charge in [-0.3, -0.25) is 0 Å². The number of nitrogens with zero attached hydrogens (tertiary/aromatic N) is 1. The second kappa shape index (κ2) is 2.82. The second-order valence-corrected chi connectivity index (χ2v) is 3.15. The highest BCUT2D eigenvalue weighted by molar-refractivity contribution is 5.47. The van der Waals surface area contributed by atoms with Gasteiger partial charge in [-0.15, -0.1) is 0 Å². The molecule has 2 rings (SSSR count). The van der Waals surface area contributed by atoms with Gasteiger partial charge in [0.05, 0.1) is 17.7 Å². The van der Waals surface area contributed by atoms with E-state index in [-0.39, 0.29) is 5.82 Å². The van der Waals surface area contributed by atoms with Crippen molar-refractivity contribution in [2.45, 2.75) is 18.9 Å². The molecule has 66 valence electrons. The average molecular weight is 177 g/mol. The van der Waals surface area contributed by atoms with Crippen LogP contribution in [0.1, 0.15) is 29.2 Å².